The number of benzene rings is 1. The van der Waals surface area contributed by atoms with E-state index in [1.165, 1.54) is 6.07 Å². The van der Waals surface area contributed by atoms with Crippen LogP contribution in [0.1, 0.15) is 30.6 Å². The Labute approximate surface area is 127 Å². The molecule has 1 unspecified atom stereocenters. The second-order valence-electron chi connectivity index (χ2n) is 4.42. The summed E-state index contributed by atoms with van der Waals surface area (Å²) in [6.07, 6.45) is 2.49. The fraction of sp³-hybridized carbons (Fsp3) is 0.267. The Morgan fingerprint density at radius 1 is 1.30 bits per heavy atom. The molecule has 0 aliphatic rings. The van der Waals surface area contributed by atoms with Crippen molar-refractivity contribution in [3.05, 3.63) is 63.6 Å². The highest BCUT2D eigenvalue weighted by molar-refractivity contribution is 6.33. The van der Waals surface area contributed by atoms with Crippen LogP contribution in [0.3, 0.4) is 0 Å². The summed E-state index contributed by atoms with van der Waals surface area (Å²) >= 11 is 12.2. The lowest BCUT2D eigenvalue weighted by atomic mass is 10.0. The molecule has 0 amide bonds. The molecule has 0 fully saturated rings. The third kappa shape index (κ3) is 3.48. The number of nitrogens with zero attached hydrogens (tertiary/aromatic N) is 1. The Balaban J connectivity index is 2.47. The SMILES string of the molecule is CCCNC(c1cc(Cl)ccc1Cl)c1ncccc1F. The second-order valence-corrected chi connectivity index (χ2v) is 5.27. The van der Waals surface area contributed by atoms with Gasteiger partial charge in [0.15, 0.2) is 0 Å². The Kier molecular flexibility index (Phi) is 5.35. The maximum absolute atomic E-state index is 14.0. The minimum atomic E-state index is -0.414. The molecule has 2 aromatic rings. The lowest BCUT2D eigenvalue weighted by Gasteiger charge is -2.20. The molecule has 5 heteroatoms. The van der Waals surface area contributed by atoms with Crippen molar-refractivity contribution in [2.45, 2.75) is 19.4 Å². The molecule has 1 heterocycles. The molecule has 0 aliphatic carbocycles. The Morgan fingerprint density at radius 2 is 2.10 bits per heavy atom. The van der Waals surface area contributed by atoms with E-state index in [1.54, 1.807) is 30.5 Å². The molecule has 1 atom stereocenters. The van der Waals surface area contributed by atoms with Gasteiger partial charge in [-0.1, -0.05) is 30.1 Å². The van der Waals surface area contributed by atoms with Gasteiger partial charge in [0, 0.05) is 16.2 Å². The van der Waals surface area contributed by atoms with Crippen LogP contribution in [0.2, 0.25) is 10.0 Å². The number of nitrogens with one attached hydrogen (secondary N) is 1. The van der Waals surface area contributed by atoms with Gasteiger partial charge < -0.3 is 5.32 Å². The molecule has 106 valence electrons. The van der Waals surface area contributed by atoms with E-state index in [2.05, 4.69) is 10.3 Å². The van der Waals surface area contributed by atoms with Crippen molar-refractivity contribution in [3.63, 3.8) is 0 Å². The molecule has 0 spiro atoms. The van der Waals surface area contributed by atoms with Gasteiger partial charge >= 0.3 is 0 Å². The number of hydrogen-bond donors (Lipinski definition) is 1. The highest BCUT2D eigenvalue weighted by Crippen LogP contribution is 2.30. The molecule has 2 rings (SSSR count). The van der Waals surface area contributed by atoms with Crippen LogP contribution >= 0.6 is 23.2 Å². The molecular weight excluding hydrogens is 298 g/mol. The molecular formula is C15H15Cl2FN2. The minimum Gasteiger partial charge on any atom is -0.305 e. The summed E-state index contributed by atoms with van der Waals surface area (Å²) in [5, 5.41) is 4.36. The van der Waals surface area contributed by atoms with Crippen molar-refractivity contribution >= 4 is 23.2 Å². The maximum Gasteiger partial charge on any atom is 0.146 e. The quantitative estimate of drug-likeness (QED) is 0.871. The summed E-state index contributed by atoms with van der Waals surface area (Å²) in [7, 11) is 0. The van der Waals surface area contributed by atoms with Crippen LogP contribution in [0.15, 0.2) is 36.5 Å². The van der Waals surface area contributed by atoms with Crippen LogP contribution in [0.25, 0.3) is 0 Å². The van der Waals surface area contributed by atoms with E-state index in [9.17, 15) is 4.39 Å². The van der Waals surface area contributed by atoms with Gasteiger partial charge in [-0.25, -0.2) is 4.39 Å². The summed E-state index contributed by atoms with van der Waals surface area (Å²) < 4.78 is 14.0. The largest absolute Gasteiger partial charge is 0.305 e. The number of rotatable bonds is 5. The zero-order chi connectivity index (χ0) is 14.5. The number of pyridine rings is 1. The lowest BCUT2D eigenvalue weighted by Crippen LogP contribution is -2.25. The van der Waals surface area contributed by atoms with Gasteiger partial charge in [-0.2, -0.15) is 0 Å². The molecule has 0 bridgehead atoms. The van der Waals surface area contributed by atoms with Crippen molar-refractivity contribution in [3.8, 4) is 0 Å². The standard InChI is InChI=1S/C15H15Cl2FN2/c1-2-7-19-14(15-13(18)4-3-8-20-15)11-9-10(16)5-6-12(11)17/h3-6,8-9,14,19H,2,7H2,1H3. The minimum absolute atomic E-state index is 0.324. The number of hydrogen-bond acceptors (Lipinski definition) is 2. The third-order valence-corrected chi connectivity index (χ3v) is 3.51. The van der Waals surface area contributed by atoms with E-state index in [0.717, 1.165) is 18.5 Å². The molecule has 1 aromatic carbocycles. The molecule has 0 saturated heterocycles. The van der Waals surface area contributed by atoms with Crippen LogP contribution in [-0.4, -0.2) is 11.5 Å². The fourth-order valence-corrected chi connectivity index (χ4v) is 2.40. The van der Waals surface area contributed by atoms with Crippen LogP contribution in [0, 0.1) is 5.82 Å². The fourth-order valence-electron chi connectivity index (χ4n) is 1.99. The van der Waals surface area contributed by atoms with E-state index in [1.807, 2.05) is 6.92 Å². The highest BCUT2D eigenvalue weighted by atomic mass is 35.5. The maximum atomic E-state index is 14.0. The van der Waals surface area contributed by atoms with Gasteiger partial charge in [0.05, 0.1) is 11.7 Å². The zero-order valence-corrected chi connectivity index (χ0v) is 12.5. The smallest absolute Gasteiger partial charge is 0.146 e. The van der Waals surface area contributed by atoms with E-state index in [4.69, 9.17) is 23.2 Å². The third-order valence-electron chi connectivity index (χ3n) is 2.93. The lowest BCUT2D eigenvalue weighted by molar-refractivity contribution is 0.531. The first-order valence-corrected chi connectivity index (χ1v) is 7.17. The molecule has 0 saturated carbocycles. The summed E-state index contributed by atoms with van der Waals surface area (Å²) in [6, 6.07) is 7.70. The van der Waals surface area contributed by atoms with E-state index in [0.29, 0.717) is 15.7 Å². The average molecular weight is 313 g/mol. The molecule has 20 heavy (non-hydrogen) atoms. The van der Waals surface area contributed by atoms with E-state index in [-0.39, 0.29) is 5.82 Å². The second kappa shape index (κ2) is 7.02. The van der Waals surface area contributed by atoms with Crippen molar-refractivity contribution in [2.75, 3.05) is 6.54 Å². The number of halogens is 3. The van der Waals surface area contributed by atoms with Gasteiger partial charge in [-0.3, -0.25) is 4.98 Å². The molecule has 2 nitrogen and oxygen atoms in total. The monoisotopic (exact) mass is 312 g/mol. The molecule has 1 N–H and O–H groups in total. The van der Waals surface area contributed by atoms with Crippen molar-refractivity contribution in [1.29, 1.82) is 0 Å². The predicted octanol–water partition coefficient (Wildman–Crippen LogP) is 4.62. The molecule has 1 aromatic heterocycles. The first-order valence-electron chi connectivity index (χ1n) is 6.42. The van der Waals surface area contributed by atoms with Crippen molar-refractivity contribution in [2.24, 2.45) is 0 Å². The average Bonchev–Trinajstić information content (AvgIpc) is 2.44. The summed E-state index contributed by atoms with van der Waals surface area (Å²) in [5.74, 6) is -0.364. The Bertz CT molecular complexity index is 590. The van der Waals surface area contributed by atoms with Crippen LogP contribution in [-0.2, 0) is 0 Å². The van der Waals surface area contributed by atoms with E-state index < -0.39 is 6.04 Å². The van der Waals surface area contributed by atoms with Gasteiger partial charge in [0.2, 0.25) is 0 Å². The summed E-state index contributed by atoms with van der Waals surface area (Å²) in [6.45, 7) is 2.77. The van der Waals surface area contributed by atoms with Crippen molar-refractivity contribution < 1.29 is 4.39 Å². The predicted molar refractivity (Wildman–Crippen MR) is 80.8 cm³/mol. The zero-order valence-electron chi connectivity index (χ0n) is 11.0. The Hall–Kier alpha value is -1.16. The van der Waals surface area contributed by atoms with Gasteiger partial charge in [-0.15, -0.1) is 0 Å². The molecule has 0 radical (unpaired) electrons. The van der Waals surface area contributed by atoms with Gasteiger partial charge in [0.25, 0.3) is 0 Å². The van der Waals surface area contributed by atoms with E-state index >= 15 is 0 Å². The van der Waals surface area contributed by atoms with Gasteiger partial charge in [0.1, 0.15) is 5.82 Å². The highest BCUT2D eigenvalue weighted by Gasteiger charge is 2.21. The summed E-state index contributed by atoms with van der Waals surface area (Å²) in [4.78, 5) is 4.14. The van der Waals surface area contributed by atoms with Gasteiger partial charge in [-0.05, 0) is 48.9 Å². The molecule has 0 aliphatic heterocycles. The first-order chi connectivity index (χ1) is 9.63. The van der Waals surface area contributed by atoms with Crippen LogP contribution < -0.4 is 5.32 Å². The topological polar surface area (TPSA) is 24.9 Å². The Morgan fingerprint density at radius 3 is 2.80 bits per heavy atom. The van der Waals surface area contributed by atoms with Crippen LogP contribution in [0.4, 0.5) is 4.39 Å². The normalized spacial score (nSPS) is 12.4. The van der Waals surface area contributed by atoms with Crippen LogP contribution in [0.5, 0.6) is 0 Å². The van der Waals surface area contributed by atoms with Crippen molar-refractivity contribution in [1.82, 2.24) is 10.3 Å². The first kappa shape index (κ1) is 15.2. The number of aromatic nitrogens is 1. The summed E-state index contributed by atoms with van der Waals surface area (Å²) in [5.41, 5.74) is 1.05.